The lowest BCUT2D eigenvalue weighted by molar-refractivity contribution is 0.260. The van der Waals surface area contributed by atoms with Crippen molar-refractivity contribution in [3.63, 3.8) is 0 Å². The molecule has 0 spiro atoms. The topological polar surface area (TPSA) is 61.3 Å². The molecule has 0 bridgehead atoms. The van der Waals surface area contributed by atoms with E-state index in [1.54, 1.807) is 0 Å². The van der Waals surface area contributed by atoms with Crippen LogP contribution < -0.4 is 5.32 Å². The number of anilines is 1. The van der Waals surface area contributed by atoms with E-state index in [2.05, 4.69) is 27.5 Å². The summed E-state index contributed by atoms with van der Waals surface area (Å²) in [6.45, 7) is 2.07. The van der Waals surface area contributed by atoms with Crippen molar-refractivity contribution in [2.75, 3.05) is 25.5 Å². The van der Waals surface area contributed by atoms with Crippen LogP contribution in [0, 0.1) is 11.6 Å². The number of benzene rings is 1. The van der Waals surface area contributed by atoms with Crippen molar-refractivity contribution in [3.8, 4) is 17.0 Å². The Morgan fingerprint density at radius 1 is 1.07 bits per heavy atom. The van der Waals surface area contributed by atoms with Crippen molar-refractivity contribution in [2.45, 2.75) is 44.6 Å². The largest absolute Gasteiger partial charge is 0.507 e. The molecule has 5 nitrogen and oxygen atoms in total. The molecule has 2 aliphatic rings. The number of halogens is 2. The fourth-order valence-corrected chi connectivity index (χ4v) is 4.18. The van der Waals surface area contributed by atoms with Gasteiger partial charge in [0, 0.05) is 29.8 Å². The predicted molar refractivity (Wildman–Crippen MR) is 99.8 cm³/mol. The van der Waals surface area contributed by atoms with Gasteiger partial charge in [0.15, 0.2) is 17.5 Å². The molecule has 144 valence electrons. The molecule has 27 heavy (non-hydrogen) atoms. The highest BCUT2D eigenvalue weighted by molar-refractivity contribution is 5.72. The molecular weight excluding hydrogens is 350 g/mol. The third-order valence-corrected chi connectivity index (χ3v) is 5.55. The molecule has 1 atom stereocenters. The highest BCUT2D eigenvalue weighted by atomic mass is 19.2. The maximum atomic E-state index is 13.8. The molecule has 7 heteroatoms. The molecule has 1 aliphatic carbocycles. The minimum Gasteiger partial charge on any atom is -0.507 e. The van der Waals surface area contributed by atoms with Crippen molar-refractivity contribution in [2.24, 2.45) is 0 Å². The molecule has 0 saturated carbocycles. The number of likely N-dealkylation sites (tertiary alicyclic amines) is 1. The predicted octanol–water partition coefficient (Wildman–Crippen LogP) is 3.51. The van der Waals surface area contributed by atoms with E-state index in [0.717, 1.165) is 80.7 Å². The minimum absolute atomic E-state index is 0.198. The molecule has 0 amide bonds. The van der Waals surface area contributed by atoms with Crippen molar-refractivity contribution in [3.05, 3.63) is 34.9 Å². The van der Waals surface area contributed by atoms with Crippen molar-refractivity contribution in [1.29, 1.82) is 0 Å². The van der Waals surface area contributed by atoms with Crippen molar-refractivity contribution in [1.82, 2.24) is 15.1 Å². The molecule has 2 N–H and O–H groups in total. The van der Waals surface area contributed by atoms with Gasteiger partial charge in [0.1, 0.15) is 11.4 Å². The number of likely N-dealkylation sites (N-methyl/N-ethyl adjacent to an activating group) is 1. The van der Waals surface area contributed by atoms with Crippen LogP contribution in [0.5, 0.6) is 5.75 Å². The van der Waals surface area contributed by atoms with E-state index in [0.29, 0.717) is 11.7 Å². The van der Waals surface area contributed by atoms with Crippen molar-refractivity contribution >= 4 is 5.82 Å². The molecule has 0 unspecified atom stereocenters. The van der Waals surface area contributed by atoms with E-state index >= 15 is 0 Å². The van der Waals surface area contributed by atoms with Gasteiger partial charge in [-0.2, -0.15) is 0 Å². The molecular formula is C20H24F2N4O. The van der Waals surface area contributed by atoms with Crippen LogP contribution in [0.4, 0.5) is 14.6 Å². The minimum atomic E-state index is -1.07. The number of hydrogen-bond acceptors (Lipinski definition) is 5. The average Bonchev–Trinajstić information content (AvgIpc) is 2.65. The summed E-state index contributed by atoms with van der Waals surface area (Å²) in [7, 11) is 2.12. The number of aromatic nitrogens is 2. The molecule has 4 rings (SSSR count). The Balaban J connectivity index is 1.72. The smallest absolute Gasteiger partial charge is 0.162 e. The number of rotatable bonds is 3. The van der Waals surface area contributed by atoms with Gasteiger partial charge in [-0.1, -0.05) is 0 Å². The van der Waals surface area contributed by atoms with Crippen LogP contribution in [-0.2, 0) is 12.8 Å². The van der Waals surface area contributed by atoms with Gasteiger partial charge in [-0.15, -0.1) is 10.2 Å². The van der Waals surface area contributed by atoms with Gasteiger partial charge in [0.05, 0.1) is 0 Å². The molecule has 1 aliphatic heterocycles. The summed E-state index contributed by atoms with van der Waals surface area (Å²) in [6, 6.07) is 2.13. The summed E-state index contributed by atoms with van der Waals surface area (Å²) in [5.74, 6) is -1.60. The van der Waals surface area contributed by atoms with E-state index in [4.69, 9.17) is 0 Å². The van der Waals surface area contributed by atoms with Crippen LogP contribution in [0.15, 0.2) is 12.1 Å². The SMILES string of the molecule is CN1CCC[C@@H](Nc2nnc(-c3cc(F)c(F)cc3O)c3c2CCCC3)C1. The third kappa shape index (κ3) is 3.60. The lowest BCUT2D eigenvalue weighted by Crippen LogP contribution is -2.40. The van der Waals surface area contributed by atoms with Crippen LogP contribution >= 0.6 is 0 Å². The van der Waals surface area contributed by atoms with Crippen LogP contribution in [0.25, 0.3) is 11.3 Å². The first-order valence-electron chi connectivity index (χ1n) is 9.55. The number of phenolic OH excluding ortho intramolecular Hbond substituents is 1. The standard InChI is InChI=1S/C20H24F2N4O/c1-26-8-4-5-12(11-26)23-20-14-7-3-2-6-13(14)19(24-25-20)15-9-16(21)17(22)10-18(15)27/h9-10,12,27H,2-8,11H2,1H3,(H,23,25)/t12-/m1/s1. The summed E-state index contributed by atoms with van der Waals surface area (Å²) >= 11 is 0. The summed E-state index contributed by atoms with van der Waals surface area (Å²) in [5, 5.41) is 22.4. The molecule has 1 aromatic heterocycles. The van der Waals surface area contributed by atoms with E-state index in [9.17, 15) is 13.9 Å². The molecule has 2 heterocycles. The van der Waals surface area contributed by atoms with Gasteiger partial charge in [-0.3, -0.25) is 0 Å². The third-order valence-electron chi connectivity index (χ3n) is 5.55. The maximum Gasteiger partial charge on any atom is 0.162 e. The number of piperidine rings is 1. The van der Waals surface area contributed by atoms with Crippen LogP contribution in [0.1, 0.15) is 36.8 Å². The average molecular weight is 374 g/mol. The quantitative estimate of drug-likeness (QED) is 0.861. The van der Waals surface area contributed by atoms with Crippen LogP contribution in [0.3, 0.4) is 0 Å². The van der Waals surface area contributed by atoms with E-state index in [1.807, 2.05) is 0 Å². The number of nitrogens with zero attached hydrogens (tertiary/aromatic N) is 3. The molecule has 0 radical (unpaired) electrons. The van der Waals surface area contributed by atoms with E-state index in [-0.39, 0.29) is 11.3 Å². The Morgan fingerprint density at radius 2 is 1.81 bits per heavy atom. The van der Waals surface area contributed by atoms with Gasteiger partial charge in [-0.05, 0) is 63.7 Å². The summed E-state index contributed by atoms with van der Waals surface area (Å²) < 4.78 is 27.1. The number of hydrogen-bond donors (Lipinski definition) is 2. The normalized spacial score (nSPS) is 20.3. The fraction of sp³-hybridized carbons (Fsp3) is 0.500. The maximum absolute atomic E-state index is 13.8. The van der Waals surface area contributed by atoms with E-state index < -0.39 is 11.6 Å². The molecule has 1 saturated heterocycles. The second-order valence-electron chi connectivity index (χ2n) is 7.59. The Morgan fingerprint density at radius 3 is 2.59 bits per heavy atom. The van der Waals surface area contributed by atoms with Crippen molar-refractivity contribution < 1.29 is 13.9 Å². The first kappa shape index (κ1) is 18.1. The fourth-order valence-electron chi connectivity index (χ4n) is 4.18. The first-order chi connectivity index (χ1) is 13.0. The van der Waals surface area contributed by atoms with Gasteiger partial charge in [0.25, 0.3) is 0 Å². The zero-order valence-electron chi connectivity index (χ0n) is 15.4. The highest BCUT2D eigenvalue weighted by Gasteiger charge is 2.25. The number of nitrogens with one attached hydrogen (secondary N) is 1. The summed E-state index contributed by atoms with van der Waals surface area (Å²) in [6.07, 6.45) is 5.95. The van der Waals surface area contributed by atoms with Gasteiger partial charge < -0.3 is 15.3 Å². The van der Waals surface area contributed by atoms with Gasteiger partial charge in [-0.25, -0.2) is 8.78 Å². The highest BCUT2D eigenvalue weighted by Crippen LogP contribution is 2.37. The van der Waals surface area contributed by atoms with E-state index in [1.165, 1.54) is 0 Å². The monoisotopic (exact) mass is 374 g/mol. The number of fused-ring (bicyclic) bond motifs is 1. The second kappa shape index (κ2) is 7.38. The Labute approximate surface area is 157 Å². The van der Waals surface area contributed by atoms with Gasteiger partial charge in [0.2, 0.25) is 0 Å². The Kier molecular flexibility index (Phi) is 4.95. The zero-order valence-corrected chi connectivity index (χ0v) is 15.4. The molecule has 2 aromatic rings. The Bertz CT molecular complexity index is 858. The van der Waals surface area contributed by atoms with Gasteiger partial charge >= 0.3 is 0 Å². The molecule has 1 aromatic carbocycles. The Hall–Kier alpha value is -2.28. The lowest BCUT2D eigenvalue weighted by atomic mass is 9.89. The first-order valence-corrected chi connectivity index (χ1v) is 9.55. The van der Waals surface area contributed by atoms with Crippen LogP contribution in [-0.4, -0.2) is 46.4 Å². The molecule has 1 fully saturated rings. The number of phenols is 1. The number of aromatic hydroxyl groups is 1. The lowest BCUT2D eigenvalue weighted by Gasteiger charge is -2.31. The summed E-state index contributed by atoms with van der Waals surface area (Å²) in [4.78, 5) is 2.30. The summed E-state index contributed by atoms with van der Waals surface area (Å²) in [5.41, 5.74) is 2.71. The zero-order chi connectivity index (χ0) is 19.0. The second-order valence-corrected chi connectivity index (χ2v) is 7.59. The van der Waals surface area contributed by atoms with Crippen LogP contribution in [0.2, 0.25) is 0 Å².